The number of amides is 2. The van der Waals surface area contributed by atoms with Crippen LogP contribution in [0.5, 0.6) is 0 Å². The number of hydrogen-bond acceptors (Lipinski definition) is 19. The number of fused-ring (bicyclic) bond motifs is 1. The van der Waals surface area contributed by atoms with Crippen molar-refractivity contribution in [2.75, 3.05) is 37.8 Å². The lowest BCUT2D eigenvalue weighted by Gasteiger charge is -2.30. The van der Waals surface area contributed by atoms with Crippen LogP contribution in [0.4, 0.5) is 5.82 Å². The molecule has 0 aromatic carbocycles. The van der Waals surface area contributed by atoms with Crippen molar-refractivity contribution in [2.45, 2.75) is 77.8 Å². The van der Waals surface area contributed by atoms with E-state index in [0.717, 1.165) is 29.0 Å². The fourth-order valence-corrected chi connectivity index (χ4v) is 7.65. The average molecular weight is 870 g/mol. The number of anilines is 1. The fourth-order valence-electron chi connectivity index (χ4n) is 4.32. The summed E-state index contributed by atoms with van der Waals surface area (Å²) < 4.78 is 61.8. The number of phosphoric acid groups is 3. The number of nitrogens with two attached hydrogens (primary N) is 1. The summed E-state index contributed by atoms with van der Waals surface area (Å²) >= 11 is 1.03. The van der Waals surface area contributed by atoms with Gasteiger partial charge in [0.2, 0.25) is 11.8 Å². The molecule has 1 fully saturated rings. The van der Waals surface area contributed by atoms with E-state index in [1.54, 1.807) is 13.8 Å². The molecule has 1 aliphatic rings. The number of nitrogens with one attached hydrogen (secondary N) is 2. The van der Waals surface area contributed by atoms with Gasteiger partial charge >= 0.3 is 23.5 Å². The van der Waals surface area contributed by atoms with Gasteiger partial charge in [-0.25, -0.2) is 28.6 Å². The van der Waals surface area contributed by atoms with Gasteiger partial charge in [-0.05, 0) is 13.8 Å². The van der Waals surface area contributed by atoms with Crippen LogP contribution in [-0.2, 0) is 50.7 Å². The zero-order valence-corrected chi connectivity index (χ0v) is 33.6. The van der Waals surface area contributed by atoms with Crippen LogP contribution in [0.15, 0.2) is 12.7 Å². The Kier molecular flexibility index (Phi) is 18.4. The molecule has 3 heterocycles. The van der Waals surface area contributed by atoms with E-state index < -0.39 is 84.6 Å². The summed E-state index contributed by atoms with van der Waals surface area (Å²) in [7, 11) is -16.4. The van der Waals surface area contributed by atoms with Crippen LogP contribution in [0.25, 0.3) is 11.2 Å². The molecule has 0 saturated carbocycles. The van der Waals surface area contributed by atoms with E-state index in [0.29, 0.717) is 5.75 Å². The maximum absolute atomic E-state index is 12.6. The lowest BCUT2D eigenvalue weighted by molar-refractivity contribution is -0.137. The van der Waals surface area contributed by atoms with E-state index in [-0.39, 0.29) is 47.7 Å². The summed E-state index contributed by atoms with van der Waals surface area (Å²) in [5.74, 6) is -1.08. The Balaban J connectivity index is 0.00000248. The number of nitrogen functional groups attached to an aromatic ring is 1. The SMILES string of the molecule is CC(=O)SCCNC(=O)CCNC(=O)[C@H](O)C(C)(C)COP(=O)(O)OP(=O)(O)OC[C@H]1O[C@@H](n2cnc3c(N)ncnc32)[C@H](O)[C@@H]1OP(=O)(O)O.CC(C)O. The Morgan fingerprint density at radius 1 is 1.04 bits per heavy atom. The minimum absolute atomic E-state index is 0.0310. The standard InChI is InChI=1S/C23H38N7O17P3S.C3H8O/c1-12(31)51-7-6-25-14(32)4-5-26-21(35)18(34)23(2,3)9-44-50(41,42)47-49(39,40)43-8-13-17(46-48(36,37)38)16(33)22(45-13)30-11-29-15-19(24)27-10-28-20(15)30;1-3(2)4/h10-11,13,16-18,22,33-34H,4-9H2,1-3H3,(H,25,32)(H,26,35)(H,39,40)(H,41,42)(H2,24,27,28)(H2,36,37,38);3-4H,1-2H3/t13-,16-,17-,18+,22-;/m1./s1. The van der Waals surface area contributed by atoms with Crippen molar-refractivity contribution >= 4 is 69.1 Å². The molecule has 3 rings (SSSR count). The van der Waals surface area contributed by atoms with E-state index >= 15 is 0 Å². The molecule has 0 spiro atoms. The number of thioether (sulfide) groups is 1. The number of phosphoric ester groups is 3. The van der Waals surface area contributed by atoms with Crippen LogP contribution < -0.4 is 16.4 Å². The monoisotopic (exact) mass is 869 g/mol. The predicted molar refractivity (Wildman–Crippen MR) is 190 cm³/mol. The molecule has 0 radical (unpaired) electrons. The smallest absolute Gasteiger partial charge is 0.394 e. The number of aliphatic hydroxyl groups is 3. The van der Waals surface area contributed by atoms with Crippen molar-refractivity contribution in [1.29, 1.82) is 0 Å². The zero-order valence-electron chi connectivity index (χ0n) is 30.1. The molecule has 2 unspecified atom stereocenters. The second-order valence-corrected chi connectivity index (χ2v) is 18.0. The summed E-state index contributed by atoms with van der Waals surface area (Å²) in [6, 6.07) is 0. The number of aliphatic hydroxyl groups excluding tert-OH is 3. The molecule has 1 aliphatic heterocycles. The fraction of sp³-hybridized carbons (Fsp3) is 0.692. The van der Waals surface area contributed by atoms with Gasteiger partial charge in [0, 0.05) is 43.7 Å². The van der Waals surface area contributed by atoms with Gasteiger partial charge in [-0.15, -0.1) is 0 Å². The highest BCUT2D eigenvalue weighted by atomic mass is 32.2. The largest absolute Gasteiger partial charge is 0.481 e. The van der Waals surface area contributed by atoms with Gasteiger partial charge in [-0.1, -0.05) is 25.6 Å². The summed E-state index contributed by atoms with van der Waals surface area (Å²) in [5, 5.41) is 34.1. The zero-order chi connectivity index (χ0) is 41.9. The molecule has 11 N–H and O–H groups in total. The molecule has 2 amide bonds. The minimum Gasteiger partial charge on any atom is -0.394 e. The highest BCUT2D eigenvalue weighted by molar-refractivity contribution is 8.13. The predicted octanol–water partition coefficient (Wildman–Crippen LogP) is -0.928. The van der Waals surface area contributed by atoms with Crippen LogP contribution in [0.3, 0.4) is 0 Å². The Hall–Kier alpha value is -2.48. The molecule has 25 nitrogen and oxygen atoms in total. The quantitative estimate of drug-likeness (QED) is 0.0602. The normalized spacial score (nSPS) is 21.6. The summed E-state index contributed by atoms with van der Waals surface area (Å²) in [6.07, 6.45) is -7.05. The van der Waals surface area contributed by atoms with Gasteiger partial charge in [0.1, 0.15) is 36.3 Å². The third-order valence-corrected chi connectivity index (χ3v) is 10.7. The number of hydrogen-bond donors (Lipinski definition) is 10. The van der Waals surface area contributed by atoms with Gasteiger partial charge < -0.3 is 56.0 Å². The highest BCUT2D eigenvalue weighted by Gasteiger charge is 2.50. The number of nitrogens with zero attached hydrogens (tertiary/aromatic N) is 4. The van der Waals surface area contributed by atoms with Crippen LogP contribution in [-0.4, -0.2) is 134 Å². The highest BCUT2D eigenvalue weighted by Crippen LogP contribution is 2.61. The number of carbonyl (C=O) groups excluding carboxylic acids is 3. The summed E-state index contributed by atoms with van der Waals surface area (Å²) in [5.41, 5.74) is 4.26. The molecule has 29 heteroatoms. The van der Waals surface area contributed by atoms with Crippen molar-refractivity contribution in [3.8, 4) is 0 Å². The third-order valence-electron chi connectivity index (χ3n) is 6.81. The first-order valence-electron chi connectivity index (χ1n) is 16.0. The Labute approximate surface area is 318 Å². The second kappa shape index (κ2) is 20.8. The number of carbonyl (C=O) groups is 3. The molecule has 314 valence electrons. The van der Waals surface area contributed by atoms with Crippen LogP contribution in [0.1, 0.15) is 47.3 Å². The third kappa shape index (κ3) is 16.5. The maximum Gasteiger partial charge on any atom is 0.481 e. The molecule has 7 atom stereocenters. The molecular formula is C26H46N7O18P3S. The van der Waals surface area contributed by atoms with Crippen molar-refractivity contribution in [2.24, 2.45) is 5.41 Å². The van der Waals surface area contributed by atoms with E-state index in [9.17, 15) is 57.9 Å². The van der Waals surface area contributed by atoms with E-state index in [2.05, 4.69) is 34.4 Å². The first-order valence-corrected chi connectivity index (χ1v) is 21.5. The lowest BCUT2D eigenvalue weighted by Crippen LogP contribution is -2.46. The van der Waals surface area contributed by atoms with E-state index in [4.69, 9.17) is 24.6 Å². The van der Waals surface area contributed by atoms with Crippen LogP contribution in [0.2, 0.25) is 0 Å². The van der Waals surface area contributed by atoms with Gasteiger partial charge in [-0.2, -0.15) is 4.31 Å². The summed E-state index contributed by atoms with van der Waals surface area (Å²) in [4.78, 5) is 85.9. The van der Waals surface area contributed by atoms with Crippen molar-refractivity contribution in [3.05, 3.63) is 12.7 Å². The molecule has 0 aliphatic carbocycles. The number of aromatic nitrogens is 4. The molecule has 0 bridgehead atoms. The maximum atomic E-state index is 12.6. The van der Waals surface area contributed by atoms with Crippen molar-refractivity contribution in [1.82, 2.24) is 30.2 Å². The number of ether oxygens (including phenoxy) is 1. The minimum atomic E-state index is -5.56. The molecule has 1 saturated heterocycles. The molecule has 55 heavy (non-hydrogen) atoms. The van der Waals surface area contributed by atoms with Crippen LogP contribution in [0, 0.1) is 5.41 Å². The number of rotatable bonds is 19. The molecule has 2 aromatic heterocycles. The average Bonchev–Trinajstić information content (AvgIpc) is 3.60. The Morgan fingerprint density at radius 3 is 2.25 bits per heavy atom. The first kappa shape index (κ1) is 48.7. The Bertz CT molecular complexity index is 1760. The number of imidazole rings is 1. The molecular weight excluding hydrogens is 823 g/mol. The molecule has 2 aromatic rings. The van der Waals surface area contributed by atoms with Crippen molar-refractivity contribution in [3.63, 3.8) is 0 Å². The van der Waals surface area contributed by atoms with Crippen LogP contribution >= 0.6 is 35.2 Å². The second-order valence-electron chi connectivity index (χ2n) is 12.5. The Morgan fingerprint density at radius 2 is 1.65 bits per heavy atom. The first-order chi connectivity index (χ1) is 25.2. The van der Waals surface area contributed by atoms with Gasteiger partial charge in [0.15, 0.2) is 22.8 Å². The van der Waals surface area contributed by atoms with Gasteiger partial charge in [0.25, 0.3) is 0 Å². The summed E-state index contributed by atoms with van der Waals surface area (Å²) in [6.45, 7) is 5.35. The van der Waals surface area contributed by atoms with E-state index in [1.807, 2.05) is 0 Å². The topological polar surface area (TPSA) is 384 Å². The van der Waals surface area contributed by atoms with Gasteiger partial charge in [0.05, 0.1) is 19.5 Å². The van der Waals surface area contributed by atoms with Gasteiger partial charge in [-0.3, -0.25) is 32.5 Å². The van der Waals surface area contributed by atoms with E-state index in [1.165, 1.54) is 20.8 Å². The van der Waals surface area contributed by atoms with Crippen molar-refractivity contribution < 1.29 is 85.6 Å². The lowest BCUT2D eigenvalue weighted by atomic mass is 9.87.